The van der Waals surface area contributed by atoms with E-state index in [1.807, 2.05) is 0 Å². The van der Waals surface area contributed by atoms with Gasteiger partial charge in [0.25, 0.3) is 0 Å². The number of nitrogens with one attached hydrogen (secondary N) is 1. The molecule has 3 aromatic rings. The molecule has 2 aromatic carbocycles. The minimum Gasteiger partial charge on any atom is -0.462 e. The van der Waals surface area contributed by atoms with Crippen molar-refractivity contribution in [2.24, 2.45) is 5.92 Å². The summed E-state index contributed by atoms with van der Waals surface area (Å²) in [5, 5.41) is 15.3. The zero-order valence-electron chi connectivity index (χ0n) is 23.3. The first-order valence-electron chi connectivity index (χ1n) is 15.1. The zero-order valence-corrected chi connectivity index (χ0v) is 23.3. The van der Waals surface area contributed by atoms with Crippen molar-refractivity contribution >= 4 is 22.3 Å². The van der Waals surface area contributed by atoms with Crippen LogP contribution in [0.3, 0.4) is 0 Å². The monoisotopic (exact) mass is 537 g/mol. The minimum absolute atomic E-state index is 0.152. The van der Waals surface area contributed by atoms with Gasteiger partial charge >= 0.3 is 6.01 Å². The van der Waals surface area contributed by atoms with Crippen molar-refractivity contribution in [3.63, 3.8) is 0 Å². The fourth-order valence-electron chi connectivity index (χ4n) is 6.80. The van der Waals surface area contributed by atoms with Gasteiger partial charge in [0.05, 0.1) is 24.7 Å². The summed E-state index contributed by atoms with van der Waals surface area (Å²) in [6.07, 6.45) is 6.59. The van der Waals surface area contributed by atoms with Crippen molar-refractivity contribution in [3.05, 3.63) is 53.7 Å². The highest BCUT2D eigenvalue weighted by Gasteiger charge is 2.33. The second-order valence-electron chi connectivity index (χ2n) is 11.9. The zero-order chi connectivity index (χ0) is 26.9. The molecule has 2 atom stereocenters. The average molecular weight is 538 g/mol. The second kappa shape index (κ2) is 11.2. The number of likely N-dealkylation sites (tertiary alicyclic amines) is 1. The minimum atomic E-state index is 0.152. The third kappa shape index (κ3) is 5.33. The summed E-state index contributed by atoms with van der Waals surface area (Å²) in [4.78, 5) is 17.5. The Morgan fingerprint density at radius 2 is 1.90 bits per heavy atom. The first-order chi connectivity index (χ1) is 19.7. The molecule has 0 bridgehead atoms. The van der Waals surface area contributed by atoms with Gasteiger partial charge in [-0.3, -0.25) is 4.90 Å². The fraction of sp³-hybridized carbons (Fsp3) is 0.531. The summed E-state index contributed by atoms with van der Waals surface area (Å²) in [7, 11) is 0. The molecule has 4 aliphatic rings. The van der Waals surface area contributed by atoms with Crippen LogP contribution in [-0.2, 0) is 13.0 Å². The lowest BCUT2D eigenvalue weighted by Gasteiger charge is -2.37. The number of nitriles is 1. The summed E-state index contributed by atoms with van der Waals surface area (Å²) in [5.74, 6) is 1.89. The van der Waals surface area contributed by atoms with Crippen LogP contribution in [0.5, 0.6) is 6.01 Å². The van der Waals surface area contributed by atoms with Crippen LogP contribution in [0.15, 0.2) is 42.5 Å². The van der Waals surface area contributed by atoms with Gasteiger partial charge in [0.2, 0.25) is 0 Å². The molecule has 3 aliphatic heterocycles. The molecule has 208 valence electrons. The van der Waals surface area contributed by atoms with Gasteiger partial charge in [-0.05, 0) is 56.0 Å². The highest BCUT2D eigenvalue weighted by molar-refractivity contribution is 5.94. The third-order valence-electron chi connectivity index (χ3n) is 9.12. The molecule has 2 unspecified atom stereocenters. The number of rotatable bonds is 8. The third-order valence-corrected chi connectivity index (χ3v) is 9.12. The number of hydrogen-bond acceptors (Lipinski definition) is 8. The molecule has 2 saturated heterocycles. The summed E-state index contributed by atoms with van der Waals surface area (Å²) < 4.78 is 6.43. The van der Waals surface area contributed by atoms with Crippen molar-refractivity contribution in [1.82, 2.24) is 20.2 Å². The number of hydrogen-bond donors (Lipinski definition) is 1. The highest BCUT2D eigenvalue weighted by Crippen LogP contribution is 2.35. The van der Waals surface area contributed by atoms with E-state index in [0.29, 0.717) is 25.1 Å². The number of nitrogens with zero attached hydrogens (tertiary/aromatic N) is 6. The molecule has 0 radical (unpaired) electrons. The maximum atomic E-state index is 9.31. The summed E-state index contributed by atoms with van der Waals surface area (Å²) in [6, 6.07) is 18.6. The standard InChI is InChI=1S/C32H39N7O/c33-14-12-25-20-39(18-15-34-25)31-28-13-17-38(30-9-3-6-24-5-1-2-8-27(24)30)21-29(28)35-32(36-31)40-22-26-7-4-16-37(26)19-23-10-11-23/h1-3,5-6,8-9,23,25-26,34H,4,7,10-13,15-22H2. The predicted molar refractivity (Wildman–Crippen MR) is 158 cm³/mol. The van der Waals surface area contributed by atoms with E-state index in [9.17, 15) is 5.26 Å². The van der Waals surface area contributed by atoms with Crippen molar-refractivity contribution < 1.29 is 4.74 Å². The van der Waals surface area contributed by atoms with Crippen LogP contribution in [0.2, 0.25) is 0 Å². The van der Waals surface area contributed by atoms with Crippen LogP contribution < -0.4 is 19.9 Å². The van der Waals surface area contributed by atoms with Gasteiger partial charge in [0, 0.05) is 61.4 Å². The van der Waals surface area contributed by atoms with Crippen molar-refractivity contribution in [3.8, 4) is 12.1 Å². The van der Waals surface area contributed by atoms with E-state index in [0.717, 1.165) is 56.6 Å². The number of piperazine rings is 1. The van der Waals surface area contributed by atoms with E-state index < -0.39 is 0 Å². The van der Waals surface area contributed by atoms with Gasteiger partial charge < -0.3 is 19.9 Å². The topological polar surface area (TPSA) is 80.5 Å². The molecule has 3 fully saturated rings. The Morgan fingerprint density at radius 3 is 2.80 bits per heavy atom. The van der Waals surface area contributed by atoms with E-state index in [4.69, 9.17) is 14.7 Å². The molecule has 1 saturated carbocycles. The van der Waals surface area contributed by atoms with Gasteiger partial charge in [-0.1, -0.05) is 36.4 Å². The molecule has 7 rings (SSSR count). The smallest absolute Gasteiger partial charge is 0.318 e. The maximum absolute atomic E-state index is 9.31. The van der Waals surface area contributed by atoms with Gasteiger partial charge in [-0.25, -0.2) is 0 Å². The van der Waals surface area contributed by atoms with Crippen LogP contribution in [0.1, 0.15) is 43.4 Å². The quantitative estimate of drug-likeness (QED) is 0.459. The van der Waals surface area contributed by atoms with Gasteiger partial charge in [0.15, 0.2) is 0 Å². The largest absolute Gasteiger partial charge is 0.462 e. The summed E-state index contributed by atoms with van der Waals surface area (Å²) in [5.41, 5.74) is 3.55. The molecule has 40 heavy (non-hydrogen) atoms. The lowest BCUT2D eigenvalue weighted by molar-refractivity contribution is 0.160. The molecule has 1 aromatic heterocycles. The Labute approximate surface area is 236 Å². The Balaban J connectivity index is 1.17. The Morgan fingerprint density at radius 1 is 1.00 bits per heavy atom. The molecule has 0 amide bonds. The van der Waals surface area contributed by atoms with Crippen LogP contribution in [0.4, 0.5) is 11.5 Å². The van der Waals surface area contributed by atoms with E-state index >= 15 is 0 Å². The fourth-order valence-corrected chi connectivity index (χ4v) is 6.80. The molecular formula is C32H39N7O. The molecule has 0 spiro atoms. The van der Waals surface area contributed by atoms with Crippen LogP contribution in [0.25, 0.3) is 10.8 Å². The van der Waals surface area contributed by atoms with Gasteiger partial charge in [-0.15, -0.1) is 0 Å². The summed E-state index contributed by atoms with van der Waals surface area (Å²) in [6.45, 7) is 7.20. The first-order valence-corrected chi connectivity index (χ1v) is 15.1. The summed E-state index contributed by atoms with van der Waals surface area (Å²) >= 11 is 0. The normalized spacial score (nSPS) is 23.3. The van der Waals surface area contributed by atoms with Crippen LogP contribution in [-0.4, -0.2) is 72.8 Å². The van der Waals surface area contributed by atoms with E-state index in [-0.39, 0.29) is 6.04 Å². The Hall–Kier alpha value is -3.41. The van der Waals surface area contributed by atoms with Gasteiger partial charge in [0.1, 0.15) is 12.4 Å². The van der Waals surface area contributed by atoms with Crippen molar-refractivity contribution in [2.75, 3.05) is 55.7 Å². The second-order valence-corrected chi connectivity index (χ2v) is 11.9. The van der Waals surface area contributed by atoms with E-state index in [2.05, 4.69) is 68.6 Å². The Kier molecular flexibility index (Phi) is 7.17. The molecule has 8 nitrogen and oxygen atoms in total. The molecular weight excluding hydrogens is 498 g/mol. The molecule has 1 aliphatic carbocycles. The highest BCUT2D eigenvalue weighted by atomic mass is 16.5. The van der Waals surface area contributed by atoms with Gasteiger partial charge in [-0.2, -0.15) is 15.2 Å². The number of benzene rings is 2. The number of ether oxygens (including phenoxy) is 1. The molecule has 4 heterocycles. The number of anilines is 2. The van der Waals surface area contributed by atoms with E-state index in [1.54, 1.807) is 0 Å². The first kappa shape index (κ1) is 25.6. The molecule has 8 heteroatoms. The maximum Gasteiger partial charge on any atom is 0.318 e. The van der Waals surface area contributed by atoms with Crippen molar-refractivity contribution in [2.45, 2.75) is 57.2 Å². The number of aromatic nitrogens is 2. The van der Waals surface area contributed by atoms with E-state index in [1.165, 1.54) is 60.8 Å². The number of fused-ring (bicyclic) bond motifs is 2. The van der Waals surface area contributed by atoms with Crippen molar-refractivity contribution in [1.29, 1.82) is 5.26 Å². The lowest BCUT2D eigenvalue weighted by Crippen LogP contribution is -2.51. The predicted octanol–water partition coefficient (Wildman–Crippen LogP) is 4.14. The SMILES string of the molecule is N#CCC1CN(c2nc(OCC3CCCN3CC3CC3)nc3c2CCN(c2cccc4ccccc24)C3)CCN1. The average Bonchev–Trinajstić information content (AvgIpc) is 3.71. The lowest BCUT2D eigenvalue weighted by atomic mass is 10.0. The Bertz CT molecular complexity index is 1390. The van der Waals surface area contributed by atoms with Crippen LogP contribution >= 0.6 is 0 Å². The van der Waals surface area contributed by atoms with Crippen LogP contribution in [0, 0.1) is 17.2 Å². The molecule has 1 N–H and O–H groups in total.